The average Bonchev–Trinajstić information content (AvgIpc) is 2.45. The second-order valence-corrected chi connectivity index (χ2v) is 4.64. The number of ether oxygens (including phenoxy) is 1. The molecule has 0 bridgehead atoms. The summed E-state index contributed by atoms with van der Waals surface area (Å²) in [6, 6.07) is 11.2. The van der Waals surface area contributed by atoms with Gasteiger partial charge in [0.25, 0.3) is 0 Å². The van der Waals surface area contributed by atoms with Gasteiger partial charge in [0.2, 0.25) is 0 Å². The summed E-state index contributed by atoms with van der Waals surface area (Å²) in [4.78, 5) is 15.5. The summed E-state index contributed by atoms with van der Waals surface area (Å²) in [6.45, 7) is 2.10. The molecule has 0 saturated carbocycles. The van der Waals surface area contributed by atoms with Crippen molar-refractivity contribution in [2.75, 3.05) is 26.7 Å². The normalized spacial score (nSPS) is 19.8. The van der Waals surface area contributed by atoms with E-state index in [1.54, 1.807) is 0 Å². The van der Waals surface area contributed by atoms with E-state index < -0.39 is 12.1 Å². The van der Waals surface area contributed by atoms with Crippen LogP contribution in [0.2, 0.25) is 0 Å². The van der Waals surface area contributed by atoms with Gasteiger partial charge in [-0.1, -0.05) is 30.3 Å². The summed E-state index contributed by atoms with van der Waals surface area (Å²) in [7, 11) is 1.94. The van der Waals surface area contributed by atoms with Crippen LogP contribution in [0.3, 0.4) is 0 Å². The maximum absolute atomic E-state index is 12.0. The minimum Gasteiger partial charge on any atom is -0.445 e. The summed E-state index contributed by atoms with van der Waals surface area (Å²) in [5.74, 6) is 0. The number of nitriles is 1. The minimum atomic E-state index is -0.429. The number of benzene rings is 1. The van der Waals surface area contributed by atoms with E-state index in [0.29, 0.717) is 13.1 Å². The first kappa shape index (κ1) is 13.4. The van der Waals surface area contributed by atoms with E-state index in [2.05, 4.69) is 6.07 Å². The van der Waals surface area contributed by atoms with E-state index in [-0.39, 0.29) is 6.61 Å². The van der Waals surface area contributed by atoms with Crippen LogP contribution in [0.25, 0.3) is 0 Å². The molecule has 5 nitrogen and oxygen atoms in total. The summed E-state index contributed by atoms with van der Waals surface area (Å²) < 4.78 is 5.25. The van der Waals surface area contributed by atoms with Crippen molar-refractivity contribution < 1.29 is 9.53 Å². The number of rotatable bonds is 2. The van der Waals surface area contributed by atoms with Crippen LogP contribution in [0.15, 0.2) is 30.3 Å². The molecule has 1 fully saturated rings. The Bertz CT molecular complexity index is 469. The van der Waals surface area contributed by atoms with Gasteiger partial charge in [-0.05, 0) is 12.6 Å². The van der Waals surface area contributed by atoms with Crippen molar-refractivity contribution >= 4 is 6.09 Å². The summed E-state index contributed by atoms with van der Waals surface area (Å²) in [6.07, 6.45) is -0.413. The molecule has 1 unspecified atom stereocenters. The molecule has 1 atom stereocenters. The molecule has 0 aromatic heterocycles. The maximum Gasteiger partial charge on any atom is 0.411 e. The first-order chi connectivity index (χ1) is 9.20. The molecule has 1 amide bonds. The predicted molar refractivity (Wildman–Crippen MR) is 70.2 cm³/mol. The molecule has 1 saturated heterocycles. The van der Waals surface area contributed by atoms with Crippen molar-refractivity contribution in [3.05, 3.63) is 35.9 Å². The van der Waals surface area contributed by atoms with Gasteiger partial charge in [-0.2, -0.15) is 5.26 Å². The Morgan fingerprint density at radius 1 is 1.42 bits per heavy atom. The van der Waals surface area contributed by atoms with Crippen LogP contribution >= 0.6 is 0 Å². The Labute approximate surface area is 113 Å². The van der Waals surface area contributed by atoms with Gasteiger partial charge in [0.05, 0.1) is 6.07 Å². The SMILES string of the molecule is CN1CCN(C(=O)OCc2ccccc2)C(C#N)C1. The molecule has 19 heavy (non-hydrogen) atoms. The zero-order valence-electron chi connectivity index (χ0n) is 11.0. The fourth-order valence-electron chi connectivity index (χ4n) is 2.05. The van der Waals surface area contributed by atoms with Crippen LogP contribution in [0.1, 0.15) is 5.56 Å². The monoisotopic (exact) mass is 259 g/mol. The first-order valence-electron chi connectivity index (χ1n) is 6.26. The Kier molecular flexibility index (Phi) is 4.37. The molecule has 1 aromatic carbocycles. The molecule has 0 aliphatic carbocycles. The summed E-state index contributed by atoms with van der Waals surface area (Å²) in [5, 5.41) is 9.09. The van der Waals surface area contributed by atoms with Crippen molar-refractivity contribution in [3.8, 4) is 6.07 Å². The number of hydrogen-bond acceptors (Lipinski definition) is 4. The van der Waals surface area contributed by atoms with Gasteiger partial charge in [0, 0.05) is 19.6 Å². The molecule has 5 heteroatoms. The van der Waals surface area contributed by atoms with Gasteiger partial charge in [0.1, 0.15) is 12.6 Å². The molecular weight excluding hydrogens is 242 g/mol. The fourth-order valence-corrected chi connectivity index (χ4v) is 2.05. The van der Waals surface area contributed by atoms with E-state index in [9.17, 15) is 4.79 Å². The lowest BCUT2D eigenvalue weighted by Gasteiger charge is -2.35. The van der Waals surface area contributed by atoms with Crippen LogP contribution in [0, 0.1) is 11.3 Å². The van der Waals surface area contributed by atoms with Crippen molar-refractivity contribution in [1.29, 1.82) is 5.26 Å². The Balaban J connectivity index is 1.91. The van der Waals surface area contributed by atoms with Crippen LogP contribution < -0.4 is 0 Å². The lowest BCUT2D eigenvalue weighted by Crippen LogP contribution is -2.53. The van der Waals surface area contributed by atoms with E-state index in [0.717, 1.165) is 12.1 Å². The van der Waals surface area contributed by atoms with E-state index in [1.165, 1.54) is 4.90 Å². The highest BCUT2D eigenvalue weighted by Gasteiger charge is 2.29. The Hall–Kier alpha value is -2.06. The number of carbonyl (C=O) groups excluding carboxylic acids is 1. The topological polar surface area (TPSA) is 56.6 Å². The van der Waals surface area contributed by atoms with E-state index in [1.807, 2.05) is 42.3 Å². The molecule has 100 valence electrons. The lowest BCUT2D eigenvalue weighted by atomic mass is 10.2. The molecule has 0 radical (unpaired) electrons. The molecule has 1 aromatic rings. The van der Waals surface area contributed by atoms with Crippen LogP contribution in [0.5, 0.6) is 0 Å². The van der Waals surface area contributed by atoms with Gasteiger partial charge in [-0.3, -0.25) is 4.90 Å². The predicted octanol–water partition coefficient (Wildman–Crippen LogP) is 1.46. The highest BCUT2D eigenvalue weighted by molar-refractivity contribution is 5.68. The van der Waals surface area contributed by atoms with Gasteiger partial charge < -0.3 is 9.64 Å². The number of nitrogens with zero attached hydrogens (tertiary/aromatic N) is 3. The van der Waals surface area contributed by atoms with Gasteiger partial charge in [-0.25, -0.2) is 4.79 Å². The van der Waals surface area contributed by atoms with Gasteiger partial charge in [-0.15, -0.1) is 0 Å². The molecule has 2 rings (SSSR count). The van der Waals surface area contributed by atoms with Crippen molar-refractivity contribution in [2.45, 2.75) is 12.6 Å². The maximum atomic E-state index is 12.0. The molecule has 1 aliphatic heterocycles. The van der Waals surface area contributed by atoms with Crippen LogP contribution in [0.4, 0.5) is 4.79 Å². The molecule has 1 heterocycles. The number of amides is 1. The summed E-state index contributed by atoms with van der Waals surface area (Å²) >= 11 is 0. The third kappa shape index (κ3) is 3.46. The second kappa shape index (κ2) is 6.21. The highest BCUT2D eigenvalue weighted by Crippen LogP contribution is 2.11. The zero-order chi connectivity index (χ0) is 13.7. The van der Waals surface area contributed by atoms with Crippen LogP contribution in [-0.4, -0.2) is 48.6 Å². The molecule has 0 N–H and O–H groups in total. The molecule has 1 aliphatic rings. The molecule has 0 spiro atoms. The van der Waals surface area contributed by atoms with Crippen molar-refractivity contribution in [1.82, 2.24) is 9.80 Å². The smallest absolute Gasteiger partial charge is 0.411 e. The average molecular weight is 259 g/mol. The second-order valence-electron chi connectivity index (χ2n) is 4.64. The minimum absolute atomic E-state index is 0.240. The third-order valence-corrected chi connectivity index (χ3v) is 3.17. The lowest BCUT2D eigenvalue weighted by molar-refractivity contribution is 0.0629. The fraction of sp³-hybridized carbons (Fsp3) is 0.429. The number of likely N-dealkylation sites (N-methyl/N-ethyl adjacent to an activating group) is 1. The van der Waals surface area contributed by atoms with E-state index >= 15 is 0 Å². The Morgan fingerprint density at radius 3 is 2.84 bits per heavy atom. The van der Waals surface area contributed by atoms with Gasteiger partial charge >= 0.3 is 6.09 Å². The summed E-state index contributed by atoms with van der Waals surface area (Å²) in [5.41, 5.74) is 0.943. The van der Waals surface area contributed by atoms with Crippen molar-refractivity contribution in [2.24, 2.45) is 0 Å². The molecular formula is C14H17N3O2. The number of piperazine rings is 1. The largest absolute Gasteiger partial charge is 0.445 e. The Morgan fingerprint density at radius 2 is 2.16 bits per heavy atom. The number of carbonyl (C=O) groups is 1. The zero-order valence-corrected chi connectivity index (χ0v) is 11.0. The van der Waals surface area contributed by atoms with Crippen molar-refractivity contribution in [3.63, 3.8) is 0 Å². The quantitative estimate of drug-likeness (QED) is 0.807. The standard InChI is InChI=1S/C14H17N3O2/c1-16-7-8-17(13(9-15)10-16)14(18)19-11-12-5-3-2-4-6-12/h2-6,13H,7-8,10-11H2,1H3. The van der Waals surface area contributed by atoms with Crippen LogP contribution in [-0.2, 0) is 11.3 Å². The highest BCUT2D eigenvalue weighted by atomic mass is 16.6. The number of hydrogen-bond donors (Lipinski definition) is 0. The third-order valence-electron chi connectivity index (χ3n) is 3.17. The van der Waals surface area contributed by atoms with E-state index in [4.69, 9.17) is 10.00 Å². The van der Waals surface area contributed by atoms with Gasteiger partial charge in [0.15, 0.2) is 0 Å². The first-order valence-corrected chi connectivity index (χ1v) is 6.26.